The number of nitrogens with two attached hydrogens (primary N) is 1. The van der Waals surface area contributed by atoms with E-state index in [1.54, 1.807) is 13.8 Å². The molecule has 0 bridgehead atoms. The maximum atomic E-state index is 13.7. The number of nitrogens with zero attached hydrogens (tertiary/aromatic N) is 1. The molecule has 0 saturated heterocycles. The molecule has 2 amide bonds. The molecule has 0 aromatic heterocycles. The number of hydrogen-bond acceptors (Lipinski definition) is 6. The molecule has 0 fully saturated rings. The van der Waals surface area contributed by atoms with Crippen molar-refractivity contribution in [2.24, 2.45) is 0 Å². The minimum atomic E-state index is -1.24. The normalized spacial score (nSPS) is 11.4. The third-order valence-electron chi connectivity index (χ3n) is 2.94. The molecule has 0 saturated carbocycles. The van der Waals surface area contributed by atoms with Gasteiger partial charge in [0.15, 0.2) is 11.6 Å². The molecule has 8 nitrogen and oxygen atoms in total. The minimum absolute atomic E-state index is 0.0683. The van der Waals surface area contributed by atoms with Crippen LogP contribution in [-0.4, -0.2) is 43.1 Å². The highest BCUT2D eigenvalue weighted by molar-refractivity contribution is 5.74. The molecule has 0 heterocycles. The first-order valence-electron chi connectivity index (χ1n) is 7.57. The Morgan fingerprint density at radius 2 is 1.88 bits per heavy atom. The van der Waals surface area contributed by atoms with Crippen LogP contribution in [0.15, 0.2) is 12.1 Å². The minimum Gasteiger partial charge on any atom is -0.486 e. The van der Waals surface area contributed by atoms with Crippen LogP contribution in [0.2, 0.25) is 0 Å². The summed E-state index contributed by atoms with van der Waals surface area (Å²) in [5, 5.41) is 0.828. The monoisotopic (exact) mass is 361 g/mol. The average molecular weight is 361 g/mol. The van der Waals surface area contributed by atoms with Gasteiger partial charge in [0, 0.05) is 0 Å². The van der Waals surface area contributed by atoms with Gasteiger partial charge in [0.1, 0.15) is 6.61 Å². The summed E-state index contributed by atoms with van der Waals surface area (Å²) in [6.45, 7) is 4.55. The fourth-order valence-electron chi connectivity index (χ4n) is 1.76. The van der Waals surface area contributed by atoms with Crippen molar-refractivity contribution in [2.45, 2.75) is 26.8 Å². The number of hydrogen-bond donors (Lipinski definition) is 2. The number of anilines is 1. The first-order valence-corrected chi connectivity index (χ1v) is 7.57. The molecule has 1 aromatic rings. The van der Waals surface area contributed by atoms with Gasteiger partial charge < -0.3 is 19.9 Å². The summed E-state index contributed by atoms with van der Waals surface area (Å²) < 4.78 is 41.7. The molecule has 0 aliphatic carbocycles. The first-order chi connectivity index (χ1) is 11.8. The molecule has 10 heteroatoms. The molecule has 0 aliphatic rings. The second-order valence-corrected chi connectivity index (χ2v) is 4.84. The van der Waals surface area contributed by atoms with Gasteiger partial charge in [0.2, 0.25) is 5.82 Å². The van der Waals surface area contributed by atoms with Crippen LogP contribution in [0.5, 0.6) is 5.75 Å². The van der Waals surface area contributed by atoms with Crippen LogP contribution in [0.25, 0.3) is 0 Å². The van der Waals surface area contributed by atoms with E-state index in [1.165, 1.54) is 6.92 Å². The predicted molar refractivity (Wildman–Crippen MR) is 84.7 cm³/mol. The van der Waals surface area contributed by atoms with Gasteiger partial charge in [-0.15, -0.1) is 0 Å². The summed E-state index contributed by atoms with van der Waals surface area (Å²) in [4.78, 5) is 23.5. The zero-order valence-electron chi connectivity index (χ0n) is 14.2. The number of carbonyl (C=O) groups is 2. The maximum Gasteiger partial charge on any atom is 0.429 e. The van der Waals surface area contributed by atoms with Crippen LogP contribution in [-0.2, 0) is 9.47 Å². The predicted octanol–water partition coefficient (Wildman–Crippen LogP) is 2.43. The van der Waals surface area contributed by atoms with Crippen molar-refractivity contribution in [3.8, 4) is 5.75 Å². The largest absolute Gasteiger partial charge is 0.486 e. The SMILES string of the molecule is CCOC(=O)NN(C(=O)OCC)[C@@H](C)COc1c(N)ccc(F)c1F. The molecular weight excluding hydrogens is 340 g/mol. The Bertz CT molecular complexity index is 615. The van der Waals surface area contributed by atoms with E-state index in [-0.39, 0.29) is 25.5 Å². The van der Waals surface area contributed by atoms with E-state index in [4.69, 9.17) is 19.9 Å². The Balaban J connectivity index is 2.84. The molecular formula is C15H21F2N3O5. The van der Waals surface area contributed by atoms with Crippen molar-refractivity contribution in [3.63, 3.8) is 0 Å². The van der Waals surface area contributed by atoms with Gasteiger partial charge in [-0.05, 0) is 32.9 Å². The summed E-state index contributed by atoms with van der Waals surface area (Å²) in [5.74, 6) is -2.84. The van der Waals surface area contributed by atoms with E-state index >= 15 is 0 Å². The number of carbonyl (C=O) groups excluding carboxylic acids is 2. The maximum absolute atomic E-state index is 13.7. The molecule has 1 rings (SSSR count). The Morgan fingerprint density at radius 3 is 2.48 bits per heavy atom. The second-order valence-electron chi connectivity index (χ2n) is 4.84. The summed E-state index contributed by atoms with van der Waals surface area (Å²) in [6.07, 6.45) is -1.74. The van der Waals surface area contributed by atoms with Crippen LogP contribution in [0.1, 0.15) is 20.8 Å². The topological polar surface area (TPSA) is 103 Å². The molecule has 1 aromatic carbocycles. The lowest BCUT2D eigenvalue weighted by atomic mass is 10.2. The molecule has 0 spiro atoms. The Hall–Kier alpha value is -2.78. The molecule has 0 unspecified atom stereocenters. The average Bonchev–Trinajstić information content (AvgIpc) is 2.56. The highest BCUT2D eigenvalue weighted by Gasteiger charge is 2.25. The Kier molecular flexibility index (Phi) is 7.70. The van der Waals surface area contributed by atoms with E-state index in [1.807, 2.05) is 0 Å². The van der Waals surface area contributed by atoms with Gasteiger partial charge in [0.05, 0.1) is 24.9 Å². The summed E-state index contributed by atoms with van der Waals surface area (Å²) in [7, 11) is 0. The Morgan fingerprint density at radius 1 is 1.24 bits per heavy atom. The number of ether oxygens (including phenoxy) is 3. The lowest BCUT2D eigenvalue weighted by Crippen LogP contribution is -2.53. The van der Waals surface area contributed by atoms with Crippen LogP contribution in [0.3, 0.4) is 0 Å². The molecule has 25 heavy (non-hydrogen) atoms. The van der Waals surface area contributed by atoms with Gasteiger partial charge >= 0.3 is 12.2 Å². The molecule has 0 aliphatic heterocycles. The zero-order chi connectivity index (χ0) is 19.0. The van der Waals surface area contributed by atoms with Crippen molar-refractivity contribution in [1.29, 1.82) is 0 Å². The molecule has 140 valence electrons. The highest BCUT2D eigenvalue weighted by Crippen LogP contribution is 2.27. The fraction of sp³-hybridized carbons (Fsp3) is 0.467. The lowest BCUT2D eigenvalue weighted by molar-refractivity contribution is 0.0469. The summed E-state index contributed by atoms with van der Waals surface area (Å²) >= 11 is 0. The van der Waals surface area contributed by atoms with E-state index in [2.05, 4.69) is 5.43 Å². The van der Waals surface area contributed by atoms with Crippen molar-refractivity contribution >= 4 is 17.9 Å². The molecule has 1 atom stereocenters. The number of nitrogens with one attached hydrogen (secondary N) is 1. The van der Waals surface area contributed by atoms with Crippen molar-refractivity contribution in [1.82, 2.24) is 10.4 Å². The highest BCUT2D eigenvalue weighted by atomic mass is 19.2. The van der Waals surface area contributed by atoms with Crippen LogP contribution in [0, 0.1) is 11.6 Å². The lowest BCUT2D eigenvalue weighted by Gasteiger charge is -2.28. The Labute approximate surface area is 143 Å². The van der Waals surface area contributed by atoms with E-state index in [0.29, 0.717) is 0 Å². The van der Waals surface area contributed by atoms with Crippen LogP contribution < -0.4 is 15.9 Å². The number of hydrazine groups is 1. The third-order valence-corrected chi connectivity index (χ3v) is 2.94. The number of benzene rings is 1. The van der Waals surface area contributed by atoms with Gasteiger partial charge in [-0.2, -0.15) is 4.39 Å². The standard InChI is InChI=1S/C15H21F2N3O5/c1-4-23-14(21)19-20(15(22)24-5-2)9(3)8-25-13-11(18)7-6-10(16)12(13)17/h6-7,9H,4-5,8,18H2,1-3H3,(H,19,21)/t9-/m0/s1. The summed E-state index contributed by atoms with van der Waals surface area (Å²) in [6, 6.07) is 1.22. The number of rotatable bonds is 6. The van der Waals surface area contributed by atoms with Crippen molar-refractivity contribution in [3.05, 3.63) is 23.8 Å². The van der Waals surface area contributed by atoms with Crippen molar-refractivity contribution < 1.29 is 32.6 Å². The van der Waals surface area contributed by atoms with Crippen LogP contribution >= 0.6 is 0 Å². The number of halogens is 2. The van der Waals surface area contributed by atoms with Gasteiger partial charge in [0.25, 0.3) is 0 Å². The molecule has 3 N–H and O–H groups in total. The molecule has 0 radical (unpaired) electrons. The van der Waals surface area contributed by atoms with E-state index in [0.717, 1.165) is 17.1 Å². The zero-order valence-corrected chi connectivity index (χ0v) is 14.2. The van der Waals surface area contributed by atoms with Crippen LogP contribution in [0.4, 0.5) is 24.1 Å². The third kappa shape index (κ3) is 5.66. The van der Waals surface area contributed by atoms with Gasteiger partial charge in [-0.3, -0.25) is 0 Å². The smallest absolute Gasteiger partial charge is 0.429 e. The van der Waals surface area contributed by atoms with E-state index in [9.17, 15) is 18.4 Å². The van der Waals surface area contributed by atoms with E-state index < -0.39 is 35.6 Å². The number of nitrogen functional groups attached to an aromatic ring is 1. The second kappa shape index (κ2) is 9.50. The quantitative estimate of drug-likeness (QED) is 0.596. The fourth-order valence-corrected chi connectivity index (χ4v) is 1.76. The van der Waals surface area contributed by atoms with Crippen molar-refractivity contribution in [2.75, 3.05) is 25.6 Å². The summed E-state index contributed by atoms with van der Waals surface area (Å²) in [5.41, 5.74) is 7.65. The number of amides is 2. The van der Waals surface area contributed by atoms with Gasteiger partial charge in [-0.25, -0.2) is 24.4 Å². The first kappa shape index (κ1) is 20.3. The van der Waals surface area contributed by atoms with Gasteiger partial charge in [-0.1, -0.05) is 0 Å².